The number of benzene rings is 1. The normalized spacial score (nSPS) is 9.27. The minimum atomic E-state index is -1.03. The smallest absolute Gasteiger partial charge is 0.335 e. The number of carboxylic acids is 1. The molecule has 22 heavy (non-hydrogen) atoms. The number of aromatic carboxylic acids is 1. The van der Waals surface area contributed by atoms with Crippen molar-refractivity contribution >= 4 is 23.3 Å². The molecule has 0 aliphatic rings. The lowest BCUT2D eigenvalue weighted by Crippen LogP contribution is -1.96. The quantitative estimate of drug-likeness (QED) is 0.852. The van der Waals surface area contributed by atoms with Gasteiger partial charge in [0.25, 0.3) is 5.91 Å². The standard InChI is InChI=1S/C15H8N2O4S/c18-14(17-22-21)13-7-11(8-16-9-13)5-4-10-2-1-3-12(6-10)15(19)20/h1-3,6-9H,(H,19,20). The predicted molar refractivity (Wildman–Crippen MR) is 78.5 cm³/mol. The SMILES string of the molecule is O=S=NC(=O)c1cncc(C#Cc2cccc(C(=O)O)c2)c1. The Bertz CT molecular complexity index is 861. The van der Waals surface area contributed by atoms with Gasteiger partial charge in [-0.2, -0.15) is 4.21 Å². The molecule has 108 valence electrons. The fourth-order valence-corrected chi connectivity index (χ4v) is 1.76. The third-order valence-electron chi connectivity index (χ3n) is 2.57. The van der Waals surface area contributed by atoms with Crippen molar-refractivity contribution in [2.45, 2.75) is 0 Å². The number of hydrogen-bond acceptors (Lipinski definition) is 4. The van der Waals surface area contributed by atoms with Gasteiger partial charge in [0.2, 0.25) is 11.5 Å². The van der Waals surface area contributed by atoms with Gasteiger partial charge in [-0.3, -0.25) is 9.78 Å². The Balaban J connectivity index is 2.30. The van der Waals surface area contributed by atoms with Crippen molar-refractivity contribution in [1.29, 1.82) is 0 Å². The van der Waals surface area contributed by atoms with Gasteiger partial charge in [0.15, 0.2) is 0 Å². The van der Waals surface area contributed by atoms with Crippen LogP contribution >= 0.6 is 0 Å². The molecule has 0 aliphatic carbocycles. The van der Waals surface area contributed by atoms with Crippen molar-refractivity contribution in [2.75, 3.05) is 0 Å². The van der Waals surface area contributed by atoms with Gasteiger partial charge < -0.3 is 5.11 Å². The first kappa shape index (κ1) is 15.3. The van der Waals surface area contributed by atoms with Crippen LogP contribution in [0, 0.1) is 11.8 Å². The van der Waals surface area contributed by atoms with E-state index in [1.54, 1.807) is 12.1 Å². The van der Waals surface area contributed by atoms with Crippen molar-refractivity contribution in [2.24, 2.45) is 4.36 Å². The van der Waals surface area contributed by atoms with Crippen LogP contribution in [0.1, 0.15) is 31.8 Å². The van der Waals surface area contributed by atoms with Crippen LogP contribution in [0.3, 0.4) is 0 Å². The molecule has 0 saturated carbocycles. The van der Waals surface area contributed by atoms with E-state index in [-0.39, 0.29) is 22.6 Å². The molecule has 2 rings (SSSR count). The van der Waals surface area contributed by atoms with Crippen molar-refractivity contribution in [1.82, 2.24) is 4.98 Å². The highest BCUT2D eigenvalue weighted by Gasteiger charge is 2.05. The van der Waals surface area contributed by atoms with E-state index in [0.29, 0.717) is 11.1 Å². The second-order valence-corrected chi connectivity index (χ2v) is 4.40. The minimum absolute atomic E-state index is 0.139. The molecular weight excluding hydrogens is 304 g/mol. The van der Waals surface area contributed by atoms with Gasteiger partial charge in [0.05, 0.1) is 11.1 Å². The van der Waals surface area contributed by atoms with Crippen LogP contribution in [0.25, 0.3) is 0 Å². The van der Waals surface area contributed by atoms with E-state index in [0.717, 1.165) is 0 Å². The average Bonchev–Trinajstić information content (AvgIpc) is 2.54. The molecule has 0 aliphatic heterocycles. The van der Waals surface area contributed by atoms with Gasteiger partial charge in [0.1, 0.15) is 0 Å². The first-order chi connectivity index (χ1) is 10.6. The number of hydrogen-bond donors (Lipinski definition) is 1. The highest BCUT2D eigenvalue weighted by molar-refractivity contribution is 7.55. The molecule has 1 amide bonds. The van der Waals surface area contributed by atoms with Crippen LogP contribution in [0.5, 0.6) is 0 Å². The summed E-state index contributed by atoms with van der Waals surface area (Å²) in [5, 5.41) is 8.91. The van der Waals surface area contributed by atoms with E-state index < -0.39 is 11.9 Å². The first-order valence-corrected chi connectivity index (χ1v) is 6.65. The summed E-state index contributed by atoms with van der Waals surface area (Å²) in [5.41, 5.74) is 1.28. The van der Waals surface area contributed by atoms with Crippen LogP contribution in [0.15, 0.2) is 47.1 Å². The van der Waals surface area contributed by atoms with Crippen molar-refractivity contribution in [3.05, 3.63) is 65.0 Å². The Morgan fingerprint density at radius 1 is 1.09 bits per heavy atom. The summed E-state index contributed by atoms with van der Waals surface area (Å²) in [7, 11) is 0. The third kappa shape index (κ3) is 3.94. The molecule has 2 aromatic rings. The highest BCUT2D eigenvalue weighted by Crippen LogP contribution is 2.06. The summed E-state index contributed by atoms with van der Waals surface area (Å²) in [6.07, 6.45) is 2.74. The fraction of sp³-hybridized carbons (Fsp3) is 0. The van der Waals surface area contributed by atoms with Gasteiger partial charge in [-0.1, -0.05) is 17.9 Å². The second-order valence-electron chi connectivity index (χ2n) is 4.07. The molecule has 6 nitrogen and oxygen atoms in total. The highest BCUT2D eigenvalue weighted by atomic mass is 32.1. The first-order valence-electron chi connectivity index (χ1n) is 5.95. The molecule has 1 heterocycles. The topological polar surface area (TPSA) is 96.7 Å². The molecule has 0 bridgehead atoms. The molecule has 0 radical (unpaired) electrons. The Morgan fingerprint density at radius 2 is 1.82 bits per heavy atom. The summed E-state index contributed by atoms with van der Waals surface area (Å²) in [4.78, 5) is 26.2. The molecule has 1 N–H and O–H groups in total. The van der Waals surface area contributed by atoms with E-state index in [9.17, 15) is 13.8 Å². The number of pyridine rings is 1. The maximum absolute atomic E-state index is 11.4. The van der Waals surface area contributed by atoms with E-state index in [1.807, 2.05) is 0 Å². The monoisotopic (exact) mass is 312 g/mol. The molecular formula is C15H8N2O4S. The van der Waals surface area contributed by atoms with Gasteiger partial charge in [-0.05, 0) is 24.3 Å². The Kier molecular flexibility index (Phi) is 4.90. The zero-order valence-corrected chi connectivity index (χ0v) is 11.8. The van der Waals surface area contributed by atoms with Gasteiger partial charge in [-0.15, -0.1) is 4.36 Å². The molecule has 0 fully saturated rings. The van der Waals surface area contributed by atoms with Crippen LogP contribution in [0.4, 0.5) is 0 Å². The lowest BCUT2D eigenvalue weighted by molar-refractivity contribution is 0.0696. The number of carbonyl (C=O) groups is 2. The Hall–Kier alpha value is -3.11. The van der Waals surface area contributed by atoms with Crippen molar-refractivity contribution in [3.8, 4) is 11.8 Å². The second kappa shape index (κ2) is 7.06. The van der Waals surface area contributed by atoms with Crippen LogP contribution < -0.4 is 0 Å². The lowest BCUT2D eigenvalue weighted by Gasteiger charge is -1.95. The minimum Gasteiger partial charge on any atom is -0.478 e. The van der Waals surface area contributed by atoms with E-state index in [4.69, 9.17) is 5.11 Å². The zero-order chi connectivity index (χ0) is 15.9. The summed E-state index contributed by atoms with van der Waals surface area (Å²) in [6, 6.07) is 7.64. The number of rotatable bonds is 2. The largest absolute Gasteiger partial charge is 0.478 e. The van der Waals surface area contributed by atoms with Gasteiger partial charge in [-0.25, -0.2) is 4.79 Å². The molecule has 1 aromatic heterocycles. The van der Waals surface area contributed by atoms with Gasteiger partial charge in [0, 0.05) is 23.5 Å². The zero-order valence-electron chi connectivity index (χ0n) is 11.0. The molecule has 0 spiro atoms. The Labute approximate surface area is 129 Å². The van der Waals surface area contributed by atoms with Crippen LogP contribution in [-0.4, -0.2) is 26.2 Å². The molecule has 0 saturated heterocycles. The summed E-state index contributed by atoms with van der Waals surface area (Å²) in [6.45, 7) is 0. The van der Waals surface area contributed by atoms with E-state index >= 15 is 0 Å². The van der Waals surface area contributed by atoms with Crippen molar-refractivity contribution < 1.29 is 18.9 Å². The van der Waals surface area contributed by atoms with Crippen LogP contribution in [-0.2, 0) is 11.5 Å². The summed E-state index contributed by atoms with van der Waals surface area (Å²) in [5.74, 6) is 3.86. The Morgan fingerprint density at radius 3 is 2.55 bits per heavy atom. The number of carboxylic acid groups (broad SMARTS) is 1. The molecule has 1 aromatic carbocycles. The molecule has 0 atom stereocenters. The molecule has 7 heteroatoms. The lowest BCUT2D eigenvalue weighted by atomic mass is 10.1. The maximum Gasteiger partial charge on any atom is 0.335 e. The van der Waals surface area contributed by atoms with Crippen LogP contribution in [0.2, 0.25) is 0 Å². The maximum atomic E-state index is 11.4. The number of aromatic nitrogens is 1. The summed E-state index contributed by atoms with van der Waals surface area (Å²) < 4.78 is 13.4. The fourth-order valence-electron chi connectivity index (χ4n) is 1.59. The molecule has 0 unspecified atom stereocenters. The summed E-state index contributed by atoms with van der Waals surface area (Å²) >= 11 is -0.169. The predicted octanol–water partition coefficient (Wildman–Crippen LogP) is 1.72. The number of nitrogens with zero attached hydrogens (tertiary/aromatic N) is 2. The van der Waals surface area contributed by atoms with Crippen molar-refractivity contribution in [3.63, 3.8) is 0 Å². The van der Waals surface area contributed by atoms with E-state index in [1.165, 1.54) is 30.6 Å². The third-order valence-corrected chi connectivity index (χ3v) is 2.81. The van der Waals surface area contributed by atoms with E-state index in [2.05, 4.69) is 21.2 Å². The average molecular weight is 312 g/mol. The number of carbonyl (C=O) groups excluding carboxylic acids is 1. The number of amides is 1. The van der Waals surface area contributed by atoms with Gasteiger partial charge >= 0.3 is 5.97 Å².